The van der Waals surface area contributed by atoms with Crippen LogP contribution in [0.3, 0.4) is 0 Å². The second-order valence-electron chi connectivity index (χ2n) is 7.84. The molecule has 9 nitrogen and oxygen atoms in total. The van der Waals surface area contributed by atoms with E-state index in [4.69, 9.17) is 9.26 Å². The second kappa shape index (κ2) is 8.44. The Bertz CT molecular complexity index is 1180. The second-order valence-corrected chi connectivity index (χ2v) is 7.84. The number of morpholine rings is 1. The summed E-state index contributed by atoms with van der Waals surface area (Å²) in [4.78, 5) is 9.02. The minimum atomic E-state index is 0.493. The van der Waals surface area contributed by atoms with E-state index in [1.165, 1.54) is 0 Å². The summed E-state index contributed by atoms with van der Waals surface area (Å²) in [5, 5.41) is 12.9. The molecule has 1 aliphatic heterocycles. The lowest BCUT2D eigenvalue weighted by molar-refractivity contribution is 0.0360. The van der Waals surface area contributed by atoms with E-state index in [0.717, 1.165) is 67.2 Å². The van der Waals surface area contributed by atoms with Crippen molar-refractivity contribution in [1.82, 2.24) is 30.0 Å². The number of hydrogen-bond donors (Lipinski definition) is 0. The van der Waals surface area contributed by atoms with Crippen LogP contribution in [0, 0.1) is 0 Å². The molecule has 2 aromatic heterocycles. The topological polar surface area (TPSA) is 85.3 Å². The number of anilines is 1. The van der Waals surface area contributed by atoms with Gasteiger partial charge in [-0.3, -0.25) is 4.90 Å². The first-order valence-corrected chi connectivity index (χ1v) is 10.4. The molecule has 0 amide bonds. The molecule has 1 saturated heterocycles. The molecular formula is C22H25N7O2. The Labute approximate surface area is 180 Å². The summed E-state index contributed by atoms with van der Waals surface area (Å²) < 4.78 is 12.9. The first kappa shape index (κ1) is 19.7. The summed E-state index contributed by atoms with van der Waals surface area (Å²) in [7, 11) is 4.00. The third-order valence-corrected chi connectivity index (χ3v) is 5.54. The number of aromatic nitrogens is 5. The fourth-order valence-electron chi connectivity index (χ4n) is 3.71. The van der Waals surface area contributed by atoms with E-state index in [1.807, 2.05) is 66.1 Å². The molecule has 5 rings (SSSR count). The van der Waals surface area contributed by atoms with E-state index >= 15 is 0 Å². The van der Waals surface area contributed by atoms with E-state index in [2.05, 4.69) is 25.4 Å². The van der Waals surface area contributed by atoms with Gasteiger partial charge in [0.25, 0.3) is 5.89 Å². The molecule has 4 aromatic rings. The molecular weight excluding hydrogens is 394 g/mol. The van der Waals surface area contributed by atoms with Gasteiger partial charge in [-0.2, -0.15) is 4.98 Å². The Morgan fingerprint density at radius 3 is 2.71 bits per heavy atom. The van der Waals surface area contributed by atoms with E-state index in [9.17, 15) is 0 Å². The van der Waals surface area contributed by atoms with Crippen LogP contribution in [0.1, 0.15) is 0 Å². The molecule has 0 unspecified atom stereocenters. The van der Waals surface area contributed by atoms with Crippen molar-refractivity contribution in [3.8, 4) is 22.8 Å². The fourth-order valence-corrected chi connectivity index (χ4v) is 3.71. The maximum absolute atomic E-state index is 5.53. The fraction of sp³-hybridized carbons (Fsp3) is 0.364. The zero-order valence-electron chi connectivity index (χ0n) is 17.7. The van der Waals surface area contributed by atoms with Crippen molar-refractivity contribution in [2.24, 2.45) is 0 Å². The van der Waals surface area contributed by atoms with Gasteiger partial charge in [0.2, 0.25) is 5.82 Å². The highest BCUT2D eigenvalue weighted by Crippen LogP contribution is 2.26. The number of rotatable bonds is 6. The molecule has 3 heterocycles. The molecule has 0 atom stereocenters. The van der Waals surface area contributed by atoms with Gasteiger partial charge in [-0.15, -0.1) is 5.10 Å². The van der Waals surface area contributed by atoms with Crippen molar-refractivity contribution < 1.29 is 9.26 Å². The van der Waals surface area contributed by atoms with Gasteiger partial charge in [0.15, 0.2) is 0 Å². The maximum Gasteiger partial charge on any atom is 0.258 e. The highest BCUT2D eigenvalue weighted by atomic mass is 16.5. The summed E-state index contributed by atoms with van der Waals surface area (Å²) in [6, 6.07) is 14.0. The summed E-state index contributed by atoms with van der Waals surface area (Å²) in [5.74, 6) is 1.03. The first-order valence-electron chi connectivity index (χ1n) is 10.4. The Kier molecular flexibility index (Phi) is 5.35. The zero-order chi connectivity index (χ0) is 21.2. The molecule has 31 heavy (non-hydrogen) atoms. The minimum absolute atomic E-state index is 0.493. The molecule has 0 spiro atoms. The number of benzene rings is 2. The SMILES string of the molecule is CN(C)c1cccc(-c2nc(-c3ccc4c(c3)nnn4CCN3CCOCC3)no2)c1. The number of hydrogen-bond acceptors (Lipinski definition) is 8. The van der Waals surface area contributed by atoms with Crippen LogP contribution in [0.2, 0.25) is 0 Å². The van der Waals surface area contributed by atoms with E-state index in [0.29, 0.717) is 11.7 Å². The van der Waals surface area contributed by atoms with Crippen LogP contribution in [0.15, 0.2) is 47.0 Å². The van der Waals surface area contributed by atoms with Gasteiger partial charge in [0, 0.05) is 50.5 Å². The van der Waals surface area contributed by atoms with Crippen LogP contribution in [0.5, 0.6) is 0 Å². The van der Waals surface area contributed by atoms with Crippen molar-refractivity contribution in [3.05, 3.63) is 42.5 Å². The predicted molar refractivity (Wildman–Crippen MR) is 118 cm³/mol. The van der Waals surface area contributed by atoms with Gasteiger partial charge >= 0.3 is 0 Å². The standard InChI is InChI=1S/C22H25N7O2/c1-27(2)18-5-3-4-17(14-18)22-23-21(25-31-22)16-6-7-20-19(15-16)24-26-29(20)9-8-28-10-12-30-13-11-28/h3-7,14-15H,8-13H2,1-2H3. The summed E-state index contributed by atoms with van der Waals surface area (Å²) in [6.45, 7) is 5.26. The highest BCUT2D eigenvalue weighted by molar-refractivity contribution is 5.80. The Hall–Kier alpha value is -3.30. The number of nitrogens with zero attached hydrogens (tertiary/aromatic N) is 7. The lowest BCUT2D eigenvalue weighted by Crippen LogP contribution is -2.38. The van der Waals surface area contributed by atoms with Crippen LogP contribution >= 0.6 is 0 Å². The number of ether oxygens (including phenoxy) is 1. The normalized spacial score (nSPS) is 14.9. The summed E-state index contributed by atoms with van der Waals surface area (Å²) >= 11 is 0. The van der Waals surface area contributed by atoms with Crippen LogP contribution < -0.4 is 4.90 Å². The molecule has 1 aliphatic rings. The summed E-state index contributed by atoms with van der Waals surface area (Å²) in [5.41, 5.74) is 4.64. The molecule has 0 bridgehead atoms. The molecule has 0 radical (unpaired) electrons. The van der Waals surface area contributed by atoms with Crippen LogP contribution in [0.25, 0.3) is 33.9 Å². The van der Waals surface area contributed by atoms with Gasteiger partial charge in [-0.1, -0.05) is 16.4 Å². The van der Waals surface area contributed by atoms with Crippen molar-refractivity contribution in [1.29, 1.82) is 0 Å². The molecule has 1 fully saturated rings. The van der Waals surface area contributed by atoms with Crippen LogP contribution in [-0.2, 0) is 11.3 Å². The monoisotopic (exact) mass is 419 g/mol. The third kappa shape index (κ3) is 4.14. The van der Waals surface area contributed by atoms with Gasteiger partial charge < -0.3 is 14.2 Å². The van der Waals surface area contributed by atoms with Crippen molar-refractivity contribution in [2.45, 2.75) is 6.54 Å². The molecule has 0 N–H and O–H groups in total. The minimum Gasteiger partial charge on any atom is -0.379 e. The molecule has 2 aromatic carbocycles. The van der Waals surface area contributed by atoms with Gasteiger partial charge in [0.1, 0.15) is 5.52 Å². The van der Waals surface area contributed by atoms with Crippen LogP contribution in [0.4, 0.5) is 5.69 Å². The van der Waals surface area contributed by atoms with Crippen molar-refractivity contribution in [3.63, 3.8) is 0 Å². The predicted octanol–water partition coefficient (Wildman–Crippen LogP) is 2.55. The quantitative estimate of drug-likeness (QED) is 0.471. The first-order chi connectivity index (χ1) is 15.2. The summed E-state index contributed by atoms with van der Waals surface area (Å²) in [6.07, 6.45) is 0. The molecule has 0 aliphatic carbocycles. The van der Waals surface area contributed by atoms with Gasteiger partial charge in [-0.05, 0) is 36.4 Å². The van der Waals surface area contributed by atoms with Gasteiger partial charge in [-0.25, -0.2) is 4.68 Å². The lowest BCUT2D eigenvalue weighted by atomic mass is 10.1. The largest absolute Gasteiger partial charge is 0.379 e. The Morgan fingerprint density at radius 2 is 1.87 bits per heavy atom. The molecule has 0 saturated carbocycles. The smallest absolute Gasteiger partial charge is 0.258 e. The average Bonchev–Trinajstić information content (AvgIpc) is 3.45. The average molecular weight is 419 g/mol. The third-order valence-electron chi connectivity index (χ3n) is 5.54. The molecule has 9 heteroatoms. The van der Waals surface area contributed by atoms with E-state index < -0.39 is 0 Å². The zero-order valence-corrected chi connectivity index (χ0v) is 17.7. The Morgan fingerprint density at radius 1 is 1.00 bits per heavy atom. The highest BCUT2D eigenvalue weighted by Gasteiger charge is 2.15. The van der Waals surface area contributed by atoms with Crippen molar-refractivity contribution in [2.75, 3.05) is 51.8 Å². The van der Waals surface area contributed by atoms with E-state index in [1.54, 1.807) is 0 Å². The molecule has 160 valence electrons. The Balaban J connectivity index is 1.35. The van der Waals surface area contributed by atoms with Crippen LogP contribution in [-0.4, -0.2) is 77.0 Å². The lowest BCUT2D eigenvalue weighted by Gasteiger charge is -2.26. The van der Waals surface area contributed by atoms with E-state index in [-0.39, 0.29) is 0 Å². The number of fused-ring (bicyclic) bond motifs is 1. The van der Waals surface area contributed by atoms with Crippen molar-refractivity contribution >= 4 is 16.7 Å². The maximum atomic E-state index is 5.53. The van der Waals surface area contributed by atoms with Gasteiger partial charge in [0.05, 0.1) is 25.3 Å².